The van der Waals surface area contributed by atoms with Crippen molar-refractivity contribution < 1.29 is 14.3 Å². The van der Waals surface area contributed by atoms with Gasteiger partial charge in [0.25, 0.3) is 5.91 Å². The molecule has 0 aliphatic rings. The molecule has 0 bridgehead atoms. The van der Waals surface area contributed by atoms with Gasteiger partial charge in [0.1, 0.15) is 6.04 Å². The number of amides is 1. The molecular weight excluding hydrogens is 315 g/mol. The van der Waals surface area contributed by atoms with Crippen LogP contribution in [0.4, 0.5) is 5.69 Å². The molecule has 116 valence electrons. The van der Waals surface area contributed by atoms with Crippen LogP contribution in [0.5, 0.6) is 0 Å². The second kappa shape index (κ2) is 7.52. The number of hydrogen-bond acceptors (Lipinski definition) is 4. The van der Waals surface area contributed by atoms with Gasteiger partial charge in [0.15, 0.2) is 0 Å². The lowest BCUT2D eigenvalue weighted by Gasteiger charge is -2.19. The largest absolute Gasteiger partial charge is 0.467 e. The van der Waals surface area contributed by atoms with Gasteiger partial charge in [-0.15, -0.1) is 0 Å². The molecule has 3 N–H and O–H groups in total. The summed E-state index contributed by atoms with van der Waals surface area (Å²) in [5.74, 6) is -0.831. The zero-order valence-electron chi connectivity index (χ0n) is 12.1. The Hall–Kier alpha value is -1.46. The molecule has 0 aliphatic carbocycles. The highest BCUT2D eigenvalue weighted by molar-refractivity contribution is 6.44. The number of halogens is 2. The Morgan fingerprint density at radius 1 is 1.33 bits per heavy atom. The minimum atomic E-state index is -0.751. The van der Waals surface area contributed by atoms with Crippen LogP contribution in [-0.2, 0) is 9.53 Å². The van der Waals surface area contributed by atoms with Crippen LogP contribution in [0.2, 0.25) is 10.0 Å². The summed E-state index contributed by atoms with van der Waals surface area (Å²) in [5, 5.41) is 2.87. The molecule has 0 spiro atoms. The van der Waals surface area contributed by atoms with Crippen LogP contribution in [0.25, 0.3) is 0 Å². The molecule has 0 heterocycles. The summed E-state index contributed by atoms with van der Waals surface area (Å²) in [6, 6.07) is 2.11. The van der Waals surface area contributed by atoms with Crippen molar-refractivity contribution in [2.45, 2.75) is 26.3 Å². The number of anilines is 1. The Morgan fingerprint density at radius 2 is 1.95 bits per heavy atom. The zero-order chi connectivity index (χ0) is 16.2. The van der Waals surface area contributed by atoms with Crippen LogP contribution in [0.3, 0.4) is 0 Å². The van der Waals surface area contributed by atoms with Crippen molar-refractivity contribution in [3.8, 4) is 0 Å². The lowest BCUT2D eigenvalue weighted by molar-refractivity contribution is -0.143. The van der Waals surface area contributed by atoms with Crippen LogP contribution in [0.1, 0.15) is 30.6 Å². The first kappa shape index (κ1) is 17.6. The lowest BCUT2D eigenvalue weighted by Crippen LogP contribution is -2.42. The molecule has 1 rings (SSSR count). The Kier molecular flexibility index (Phi) is 6.30. The second-order valence-corrected chi connectivity index (χ2v) is 5.83. The summed E-state index contributed by atoms with van der Waals surface area (Å²) in [6.07, 6.45) is 0.450. The molecule has 0 saturated carbocycles. The number of nitrogen functional groups attached to an aromatic ring is 1. The van der Waals surface area contributed by atoms with Crippen molar-refractivity contribution in [1.82, 2.24) is 5.32 Å². The normalized spacial score (nSPS) is 12.1. The molecule has 1 aromatic carbocycles. The molecule has 0 aromatic heterocycles. The summed E-state index contributed by atoms with van der Waals surface area (Å²) in [7, 11) is 1.27. The molecule has 1 atom stereocenters. The number of nitrogens with two attached hydrogens (primary N) is 1. The number of ether oxygens (including phenoxy) is 1. The molecule has 1 amide bonds. The number of esters is 1. The molecule has 1 aromatic rings. The van der Waals surface area contributed by atoms with Gasteiger partial charge in [-0.05, 0) is 24.5 Å². The first-order valence-corrected chi connectivity index (χ1v) is 7.15. The first-order chi connectivity index (χ1) is 9.76. The van der Waals surface area contributed by atoms with Gasteiger partial charge in [-0.2, -0.15) is 0 Å². The predicted molar refractivity (Wildman–Crippen MR) is 83.6 cm³/mol. The van der Waals surface area contributed by atoms with Crippen LogP contribution < -0.4 is 11.1 Å². The predicted octanol–water partition coefficient (Wildman–Crippen LogP) is 2.89. The molecule has 0 fully saturated rings. The summed E-state index contributed by atoms with van der Waals surface area (Å²) in [6.45, 7) is 3.87. The Labute approximate surface area is 133 Å². The fraction of sp³-hybridized carbons (Fsp3) is 0.429. The Balaban J connectivity index is 2.99. The number of benzene rings is 1. The molecule has 7 heteroatoms. The molecule has 21 heavy (non-hydrogen) atoms. The number of rotatable bonds is 5. The number of carbonyl (C=O) groups is 2. The number of methoxy groups -OCH3 is 1. The standard InChI is InChI=1S/C14H18Cl2N2O3/c1-7(2)4-11(14(20)21-3)18-13(19)9-5-8(17)6-10(15)12(9)16/h5-7,11H,4,17H2,1-3H3,(H,18,19). The van der Waals surface area contributed by atoms with Gasteiger partial charge >= 0.3 is 5.97 Å². The van der Waals surface area contributed by atoms with E-state index in [4.69, 9.17) is 33.7 Å². The molecule has 5 nitrogen and oxygen atoms in total. The van der Waals surface area contributed by atoms with E-state index in [0.29, 0.717) is 12.1 Å². The zero-order valence-corrected chi connectivity index (χ0v) is 13.6. The maximum absolute atomic E-state index is 12.3. The molecule has 0 saturated heterocycles. The number of hydrogen-bond donors (Lipinski definition) is 2. The third-order valence-electron chi connectivity index (χ3n) is 2.79. The van der Waals surface area contributed by atoms with E-state index in [0.717, 1.165) is 0 Å². The molecule has 1 unspecified atom stereocenters. The highest BCUT2D eigenvalue weighted by Crippen LogP contribution is 2.28. The van der Waals surface area contributed by atoms with E-state index in [1.807, 2.05) is 13.8 Å². The minimum Gasteiger partial charge on any atom is -0.467 e. The Morgan fingerprint density at radius 3 is 2.48 bits per heavy atom. The van der Waals surface area contributed by atoms with E-state index >= 15 is 0 Å². The van der Waals surface area contributed by atoms with Crippen molar-refractivity contribution in [3.63, 3.8) is 0 Å². The van der Waals surface area contributed by atoms with Crippen molar-refractivity contribution >= 4 is 40.8 Å². The number of carbonyl (C=O) groups excluding carboxylic acids is 2. The van der Waals surface area contributed by atoms with Crippen LogP contribution in [0.15, 0.2) is 12.1 Å². The smallest absolute Gasteiger partial charge is 0.328 e. The van der Waals surface area contributed by atoms with Crippen molar-refractivity contribution in [1.29, 1.82) is 0 Å². The Bertz CT molecular complexity index is 547. The quantitative estimate of drug-likeness (QED) is 0.641. The van der Waals surface area contributed by atoms with Crippen molar-refractivity contribution in [2.24, 2.45) is 5.92 Å². The third-order valence-corrected chi connectivity index (χ3v) is 3.60. The average molecular weight is 333 g/mol. The van der Waals surface area contributed by atoms with E-state index in [1.165, 1.54) is 19.2 Å². The highest BCUT2D eigenvalue weighted by atomic mass is 35.5. The molecule has 0 radical (unpaired) electrons. The van der Waals surface area contributed by atoms with Gasteiger partial charge in [-0.3, -0.25) is 4.79 Å². The summed E-state index contributed by atoms with van der Waals surface area (Å²) in [4.78, 5) is 24.0. The maximum atomic E-state index is 12.3. The topological polar surface area (TPSA) is 81.4 Å². The van der Waals surface area contributed by atoms with Gasteiger partial charge in [0.05, 0.1) is 22.7 Å². The van der Waals surface area contributed by atoms with E-state index in [-0.39, 0.29) is 21.5 Å². The molecule has 0 aliphatic heterocycles. The van der Waals surface area contributed by atoms with Crippen LogP contribution in [0, 0.1) is 5.92 Å². The third kappa shape index (κ3) is 4.79. The van der Waals surface area contributed by atoms with E-state index in [2.05, 4.69) is 5.32 Å². The van der Waals surface area contributed by atoms with Gasteiger partial charge in [-0.25, -0.2) is 4.79 Å². The lowest BCUT2D eigenvalue weighted by atomic mass is 10.0. The average Bonchev–Trinajstić information content (AvgIpc) is 2.40. The summed E-state index contributed by atoms with van der Waals surface area (Å²) >= 11 is 11.9. The minimum absolute atomic E-state index is 0.0940. The fourth-order valence-electron chi connectivity index (χ4n) is 1.84. The van der Waals surface area contributed by atoms with Crippen LogP contribution in [-0.4, -0.2) is 25.0 Å². The number of nitrogens with one attached hydrogen (secondary N) is 1. The monoisotopic (exact) mass is 332 g/mol. The van der Waals surface area contributed by atoms with E-state index < -0.39 is 17.9 Å². The second-order valence-electron chi connectivity index (χ2n) is 5.04. The van der Waals surface area contributed by atoms with E-state index in [1.54, 1.807) is 0 Å². The molecular formula is C14H18Cl2N2O3. The highest BCUT2D eigenvalue weighted by Gasteiger charge is 2.24. The summed E-state index contributed by atoms with van der Waals surface area (Å²) in [5.41, 5.74) is 6.09. The fourth-order valence-corrected chi connectivity index (χ4v) is 2.26. The van der Waals surface area contributed by atoms with Crippen molar-refractivity contribution in [3.05, 3.63) is 27.7 Å². The maximum Gasteiger partial charge on any atom is 0.328 e. The van der Waals surface area contributed by atoms with E-state index in [9.17, 15) is 9.59 Å². The van der Waals surface area contributed by atoms with Crippen LogP contribution >= 0.6 is 23.2 Å². The van der Waals surface area contributed by atoms with Gasteiger partial charge < -0.3 is 15.8 Å². The first-order valence-electron chi connectivity index (χ1n) is 6.39. The summed E-state index contributed by atoms with van der Waals surface area (Å²) < 4.78 is 4.69. The van der Waals surface area contributed by atoms with Crippen molar-refractivity contribution in [2.75, 3.05) is 12.8 Å². The van der Waals surface area contributed by atoms with Gasteiger partial charge in [-0.1, -0.05) is 37.0 Å². The van der Waals surface area contributed by atoms with Gasteiger partial charge in [0, 0.05) is 5.69 Å². The SMILES string of the molecule is COC(=O)C(CC(C)C)NC(=O)c1cc(N)cc(Cl)c1Cl. The van der Waals surface area contributed by atoms with Gasteiger partial charge in [0.2, 0.25) is 0 Å².